The van der Waals surface area contributed by atoms with Crippen molar-refractivity contribution in [2.24, 2.45) is 0 Å². The van der Waals surface area contributed by atoms with E-state index in [-0.39, 0.29) is 6.61 Å². The maximum Gasteiger partial charge on any atom is 0.164 e. The van der Waals surface area contributed by atoms with E-state index in [9.17, 15) is 10.2 Å². The molecule has 3 N–H and O–H groups in total. The third-order valence-electron chi connectivity index (χ3n) is 2.34. The van der Waals surface area contributed by atoms with Crippen molar-refractivity contribution in [2.45, 2.75) is 24.5 Å². The Bertz CT molecular complexity index is 290. The van der Waals surface area contributed by atoms with Gasteiger partial charge in [-0.15, -0.1) is 0 Å². The molecule has 1 saturated heterocycles. The molecule has 0 spiro atoms. The molecule has 0 amide bonds. The van der Waals surface area contributed by atoms with Gasteiger partial charge in [-0.25, -0.2) is 4.98 Å². The predicted molar refractivity (Wildman–Crippen MR) is 45.2 cm³/mol. The molecule has 6 heteroatoms. The fraction of sp³-hybridized carbons (Fsp3) is 0.625. The molecule has 2 rings (SSSR count). The van der Waals surface area contributed by atoms with Crippen LogP contribution in [-0.2, 0) is 4.74 Å². The number of rotatable bonds is 2. The maximum atomic E-state index is 9.60. The van der Waals surface area contributed by atoms with E-state index in [4.69, 9.17) is 9.84 Å². The second kappa shape index (κ2) is 3.66. The summed E-state index contributed by atoms with van der Waals surface area (Å²) >= 11 is 0. The third-order valence-corrected chi connectivity index (χ3v) is 2.34. The average Bonchev–Trinajstić information content (AvgIpc) is 2.78. The van der Waals surface area contributed by atoms with Crippen LogP contribution in [-0.4, -0.2) is 49.8 Å². The first kappa shape index (κ1) is 9.60. The van der Waals surface area contributed by atoms with Gasteiger partial charge in [0.1, 0.15) is 18.3 Å². The van der Waals surface area contributed by atoms with Gasteiger partial charge in [0.05, 0.1) is 12.9 Å². The first-order chi connectivity index (χ1) is 6.74. The second-order valence-electron chi connectivity index (χ2n) is 3.24. The zero-order chi connectivity index (χ0) is 10.1. The Balaban J connectivity index is 2.16. The van der Waals surface area contributed by atoms with E-state index in [0.29, 0.717) is 0 Å². The van der Waals surface area contributed by atoms with Crippen LogP contribution in [0.15, 0.2) is 18.7 Å². The van der Waals surface area contributed by atoms with E-state index in [0.717, 1.165) is 0 Å². The largest absolute Gasteiger partial charge is 0.394 e. The maximum absolute atomic E-state index is 9.60. The summed E-state index contributed by atoms with van der Waals surface area (Å²) < 4.78 is 6.80. The topological polar surface area (TPSA) is 87.7 Å². The Morgan fingerprint density at radius 2 is 2.14 bits per heavy atom. The van der Waals surface area contributed by atoms with E-state index < -0.39 is 24.5 Å². The SMILES string of the molecule is OC[C@@H]1O[C@@H](n2ccnc2)[C@H](O)[C@@H]1O. The van der Waals surface area contributed by atoms with Gasteiger partial charge in [-0.1, -0.05) is 0 Å². The van der Waals surface area contributed by atoms with Gasteiger partial charge >= 0.3 is 0 Å². The summed E-state index contributed by atoms with van der Waals surface area (Å²) in [5.74, 6) is 0. The molecule has 0 bridgehead atoms. The Kier molecular flexibility index (Phi) is 2.51. The number of ether oxygens (including phenoxy) is 1. The number of hydrogen-bond acceptors (Lipinski definition) is 5. The first-order valence-electron chi connectivity index (χ1n) is 4.34. The predicted octanol–water partition coefficient (Wildman–Crippen LogP) is -1.51. The summed E-state index contributed by atoms with van der Waals surface area (Å²) in [5, 5.41) is 27.9. The minimum atomic E-state index is -1.06. The number of nitrogens with zero attached hydrogens (tertiary/aromatic N) is 2. The first-order valence-corrected chi connectivity index (χ1v) is 4.34. The van der Waals surface area contributed by atoms with Crippen LogP contribution in [0.5, 0.6) is 0 Å². The van der Waals surface area contributed by atoms with Crippen molar-refractivity contribution in [1.29, 1.82) is 0 Å². The van der Waals surface area contributed by atoms with Gasteiger partial charge in [0.15, 0.2) is 6.23 Å². The van der Waals surface area contributed by atoms with Gasteiger partial charge in [-0.05, 0) is 0 Å². The van der Waals surface area contributed by atoms with Crippen molar-refractivity contribution in [3.8, 4) is 0 Å². The summed E-state index contributed by atoms with van der Waals surface area (Å²) in [4.78, 5) is 3.80. The molecule has 0 aliphatic carbocycles. The van der Waals surface area contributed by atoms with Crippen LogP contribution in [0.4, 0.5) is 0 Å². The number of aliphatic hydroxyl groups excluding tert-OH is 3. The fourth-order valence-electron chi connectivity index (χ4n) is 1.55. The van der Waals surface area contributed by atoms with Gasteiger partial charge in [0.25, 0.3) is 0 Å². The zero-order valence-electron chi connectivity index (χ0n) is 7.39. The molecular weight excluding hydrogens is 188 g/mol. The van der Waals surface area contributed by atoms with Crippen LogP contribution in [0.2, 0.25) is 0 Å². The molecule has 78 valence electrons. The van der Waals surface area contributed by atoms with Crippen LogP contribution in [0, 0.1) is 0 Å². The molecule has 0 radical (unpaired) electrons. The van der Waals surface area contributed by atoms with E-state index in [1.54, 1.807) is 17.0 Å². The molecule has 0 saturated carbocycles. The molecule has 1 aromatic rings. The van der Waals surface area contributed by atoms with Crippen LogP contribution in [0.1, 0.15) is 6.23 Å². The lowest BCUT2D eigenvalue weighted by Gasteiger charge is -2.15. The van der Waals surface area contributed by atoms with Crippen molar-refractivity contribution in [2.75, 3.05) is 6.61 Å². The summed E-state index contributed by atoms with van der Waals surface area (Å²) in [6, 6.07) is 0. The van der Waals surface area contributed by atoms with Gasteiger partial charge < -0.3 is 24.6 Å². The Morgan fingerprint density at radius 3 is 2.64 bits per heavy atom. The lowest BCUT2D eigenvalue weighted by atomic mass is 10.1. The average molecular weight is 200 g/mol. The highest BCUT2D eigenvalue weighted by atomic mass is 16.6. The number of imidazole rings is 1. The number of hydrogen-bond donors (Lipinski definition) is 3. The molecule has 14 heavy (non-hydrogen) atoms. The number of aromatic nitrogens is 2. The summed E-state index contributed by atoms with van der Waals surface area (Å²) in [7, 11) is 0. The quantitative estimate of drug-likeness (QED) is 0.540. The Labute approximate surface area is 80.4 Å². The van der Waals surface area contributed by atoms with Crippen molar-refractivity contribution < 1.29 is 20.1 Å². The molecule has 0 aromatic carbocycles. The minimum Gasteiger partial charge on any atom is -0.394 e. The van der Waals surface area contributed by atoms with E-state index in [1.165, 1.54) is 6.33 Å². The fourth-order valence-corrected chi connectivity index (χ4v) is 1.55. The molecular formula is C8H12N2O4. The van der Waals surface area contributed by atoms with Crippen LogP contribution in [0.3, 0.4) is 0 Å². The molecule has 2 heterocycles. The highest BCUT2D eigenvalue weighted by Gasteiger charge is 2.42. The highest BCUT2D eigenvalue weighted by Crippen LogP contribution is 2.28. The molecule has 1 aliphatic rings. The normalized spacial score (nSPS) is 37.6. The van der Waals surface area contributed by atoms with Gasteiger partial charge in [0.2, 0.25) is 0 Å². The van der Waals surface area contributed by atoms with Crippen LogP contribution in [0.25, 0.3) is 0 Å². The van der Waals surface area contributed by atoms with Crippen molar-refractivity contribution >= 4 is 0 Å². The lowest BCUT2D eigenvalue weighted by molar-refractivity contribution is -0.0528. The van der Waals surface area contributed by atoms with E-state index in [1.807, 2.05) is 0 Å². The van der Waals surface area contributed by atoms with E-state index in [2.05, 4.69) is 4.98 Å². The monoisotopic (exact) mass is 200 g/mol. The van der Waals surface area contributed by atoms with Gasteiger partial charge in [0, 0.05) is 12.4 Å². The van der Waals surface area contributed by atoms with Gasteiger partial charge in [-0.3, -0.25) is 0 Å². The van der Waals surface area contributed by atoms with Crippen LogP contribution >= 0.6 is 0 Å². The molecule has 4 atom stereocenters. The lowest BCUT2D eigenvalue weighted by Crippen LogP contribution is -2.33. The number of aliphatic hydroxyl groups is 3. The van der Waals surface area contributed by atoms with Crippen molar-refractivity contribution in [3.05, 3.63) is 18.7 Å². The molecule has 1 aromatic heterocycles. The van der Waals surface area contributed by atoms with Crippen molar-refractivity contribution in [3.63, 3.8) is 0 Å². The van der Waals surface area contributed by atoms with E-state index >= 15 is 0 Å². The zero-order valence-corrected chi connectivity index (χ0v) is 7.39. The molecule has 0 unspecified atom stereocenters. The summed E-state index contributed by atoms with van der Waals surface area (Å²) in [5.41, 5.74) is 0. The molecule has 1 fully saturated rings. The third kappa shape index (κ3) is 1.42. The summed E-state index contributed by atoms with van der Waals surface area (Å²) in [6.07, 6.45) is 1.14. The van der Waals surface area contributed by atoms with Crippen molar-refractivity contribution in [1.82, 2.24) is 9.55 Å². The standard InChI is InChI=1S/C8H12N2O4/c11-3-5-6(12)7(13)8(14-5)10-2-1-9-4-10/h1-2,4-8,11-13H,3H2/t5-,6+,7+,8+/m0/s1. The second-order valence-corrected chi connectivity index (χ2v) is 3.24. The Hall–Kier alpha value is -0.950. The minimum absolute atomic E-state index is 0.316. The molecule has 1 aliphatic heterocycles. The Morgan fingerprint density at radius 1 is 1.36 bits per heavy atom. The van der Waals surface area contributed by atoms with Gasteiger partial charge in [-0.2, -0.15) is 0 Å². The molecule has 6 nitrogen and oxygen atoms in total. The van der Waals surface area contributed by atoms with Crippen LogP contribution < -0.4 is 0 Å². The highest BCUT2D eigenvalue weighted by molar-refractivity contribution is 4.91. The summed E-state index contributed by atoms with van der Waals surface area (Å²) in [6.45, 7) is -0.316. The smallest absolute Gasteiger partial charge is 0.164 e.